The quantitative estimate of drug-likeness (QED) is 0.564. The van der Waals surface area contributed by atoms with Crippen LogP contribution in [0, 0.1) is 40.4 Å². The number of carboxylic acid groups (broad SMARTS) is 1. The highest BCUT2D eigenvalue weighted by atomic mass is 16.6. The van der Waals surface area contributed by atoms with Gasteiger partial charge in [-0.2, -0.15) is 5.26 Å². The normalized spacial score (nSPS) is 31.7. The largest absolute Gasteiger partial charge is 0.480 e. The molecule has 0 amide bonds. The predicted molar refractivity (Wildman–Crippen MR) is 119 cm³/mol. The maximum atomic E-state index is 12.6. The topological polar surface area (TPSA) is 100 Å². The lowest BCUT2D eigenvalue weighted by Gasteiger charge is -2.45. The van der Waals surface area contributed by atoms with Crippen LogP contribution in [0.1, 0.15) is 38.4 Å². The van der Waals surface area contributed by atoms with Crippen molar-refractivity contribution in [2.75, 3.05) is 0 Å². The average molecular weight is 431 g/mol. The molecule has 1 aromatic carbocycles. The summed E-state index contributed by atoms with van der Waals surface area (Å²) in [6, 6.07) is 13.4. The van der Waals surface area contributed by atoms with Crippen LogP contribution < -0.4 is 0 Å². The van der Waals surface area contributed by atoms with Crippen molar-refractivity contribution in [3.63, 3.8) is 0 Å². The molecule has 32 heavy (non-hydrogen) atoms. The van der Waals surface area contributed by atoms with Crippen molar-refractivity contribution in [1.82, 2.24) is 4.98 Å². The number of benzene rings is 1. The van der Waals surface area contributed by atoms with Gasteiger partial charge >= 0.3 is 11.9 Å². The SMILES string of the molecule is C[C@H]1[C@H](C=Cc2ccc(-c3ccccc3C#N)cn2)[C@@H]2[C@@H](C)OC(=O)[C@]2(C(=O)O)C[C@@H]1C. The number of fused-ring (bicyclic) bond motifs is 1. The number of pyridine rings is 1. The van der Waals surface area contributed by atoms with Crippen molar-refractivity contribution in [1.29, 1.82) is 5.26 Å². The van der Waals surface area contributed by atoms with Crippen LogP contribution in [-0.2, 0) is 14.3 Å². The molecule has 2 aromatic rings. The molecule has 6 heteroatoms. The van der Waals surface area contributed by atoms with Crippen LogP contribution in [0.15, 0.2) is 48.7 Å². The summed E-state index contributed by atoms with van der Waals surface area (Å²) < 4.78 is 5.44. The average Bonchev–Trinajstić information content (AvgIpc) is 3.04. The van der Waals surface area contributed by atoms with Gasteiger partial charge in [0.1, 0.15) is 6.10 Å². The minimum atomic E-state index is -1.49. The van der Waals surface area contributed by atoms with Crippen LogP contribution in [0.2, 0.25) is 0 Å². The first-order valence-electron chi connectivity index (χ1n) is 10.9. The predicted octanol–water partition coefficient (Wildman–Crippen LogP) is 4.56. The molecule has 0 bridgehead atoms. The van der Waals surface area contributed by atoms with E-state index in [-0.39, 0.29) is 17.8 Å². The highest BCUT2D eigenvalue weighted by molar-refractivity contribution is 6.01. The summed E-state index contributed by atoms with van der Waals surface area (Å²) in [4.78, 5) is 29.4. The van der Waals surface area contributed by atoms with Crippen molar-refractivity contribution in [3.05, 3.63) is 59.9 Å². The summed E-state index contributed by atoms with van der Waals surface area (Å²) in [5.74, 6) is -1.99. The van der Waals surface area contributed by atoms with Gasteiger partial charge in [0.05, 0.1) is 17.3 Å². The van der Waals surface area contributed by atoms with E-state index in [1.165, 1.54) is 0 Å². The molecule has 0 spiro atoms. The molecule has 2 heterocycles. The third-order valence-electron chi connectivity index (χ3n) is 7.31. The molecule has 1 aliphatic carbocycles. The van der Waals surface area contributed by atoms with Crippen LogP contribution in [0.25, 0.3) is 17.2 Å². The Morgan fingerprint density at radius 3 is 2.66 bits per heavy atom. The summed E-state index contributed by atoms with van der Waals surface area (Å²) in [6.07, 6.45) is 5.46. The molecule has 6 atom stereocenters. The van der Waals surface area contributed by atoms with Gasteiger partial charge in [0.15, 0.2) is 5.41 Å². The van der Waals surface area contributed by atoms with Crippen LogP contribution in [0.4, 0.5) is 0 Å². The molecule has 4 rings (SSSR count). The van der Waals surface area contributed by atoms with Gasteiger partial charge in [-0.3, -0.25) is 14.6 Å². The Bertz CT molecular complexity index is 1120. The van der Waals surface area contributed by atoms with Gasteiger partial charge in [-0.05, 0) is 49.3 Å². The summed E-state index contributed by atoms with van der Waals surface area (Å²) >= 11 is 0. The van der Waals surface area contributed by atoms with Crippen molar-refractivity contribution in [3.8, 4) is 17.2 Å². The van der Waals surface area contributed by atoms with Gasteiger partial charge in [0.25, 0.3) is 0 Å². The van der Waals surface area contributed by atoms with Crippen molar-refractivity contribution in [2.45, 2.75) is 33.3 Å². The zero-order chi connectivity index (χ0) is 23.0. The number of allylic oxidation sites excluding steroid dienone is 1. The van der Waals surface area contributed by atoms with Crippen LogP contribution in [-0.4, -0.2) is 28.1 Å². The van der Waals surface area contributed by atoms with E-state index in [4.69, 9.17) is 4.74 Å². The number of esters is 1. The maximum Gasteiger partial charge on any atom is 0.324 e. The number of ether oxygens (including phenoxy) is 1. The number of carbonyl (C=O) groups excluding carboxylic acids is 1. The number of aromatic nitrogens is 1. The summed E-state index contributed by atoms with van der Waals surface area (Å²) in [6.45, 7) is 5.90. The smallest absolute Gasteiger partial charge is 0.324 e. The highest BCUT2D eigenvalue weighted by Crippen LogP contribution is 2.56. The number of cyclic esters (lactones) is 1. The fourth-order valence-electron chi connectivity index (χ4n) is 5.46. The number of nitrogens with zero attached hydrogens (tertiary/aromatic N) is 2. The molecule has 1 saturated heterocycles. The van der Waals surface area contributed by atoms with Gasteiger partial charge in [-0.25, -0.2) is 0 Å². The van der Waals surface area contributed by atoms with Crippen molar-refractivity contribution >= 4 is 18.0 Å². The van der Waals surface area contributed by atoms with Crippen LogP contribution >= 0.6 is 0 Å². The first kappa shape index (κ1) is 21.8. The number of hydrogen-bond donors (Lipinski definition) is 1. The second kappa shape index (κ2) is 8.23. The van der Waals surface area contributed by atoms with Crippen molar-refractivity contribution < 1.29 is 19.4 Å². The lowest BCUT2D eigenvalue weighted by Crippen LogP contribution is -2.52. The van der Waals surface area contributed by atoms with E-state index < -0.39 is 29.4 Å². The number of carbonyl (C=O) groups is 2. The van der Waals surface area contributed by atoms with E-state index in [0.29, 0.717) is 12.0 Å². The van der Waals surface area contributed by atoms with E-state index in [1.807, 2.05) is 49.4 Å². The summed E-state index contributed by atoms with van der Waals surface area (Å²) in [5.41, 5.74) is 1.51. The minimum absolute atomic E-state index is 0.0627. The zero-order valence-electron chi connectivity index (χ0n) is 18.4. The molecule has 2 aliphatic rings. The Hall–Kier alpha value is -3.46. The van der Waals surface area contributed by atoms with E-state index in [1.54, 1.807) is 19.2 Å². The fourth-order valence-corrected chi connectivity index (χ4v) is 5.46. The van der Waals surface area contributed by atoms with Gasteiger partial charge in [0.2, 0.25) is 0 Å². The van der Waals surface area contributed by atoms with E-state index in [0.717, 1.165) is 16.8 Å². The van der Waals surface area contributed by atoms with Crippen LogP contribution in [0.5, 0.6) is 0 Å². The highest BCUT2D eigenvalue weighted by Gasteiger charge is 2.66. The first-order chi connectivity index (χ1) is 15.3. The first-order valence-corrected chi connectivity index (χ1v) is 10.9. The van der Waals surface area contributed by atoms with Gasteiger partial charge in [-0.1, -0.05) is 44.2 Å². The second-order valence-electron chi connectivity index (χ2n) is 9.02. The lowest BCUT2D eigenvalue weighted by molar-refractivity contribution is -0.167. The summed E-state index contributed by atoms with van der Waals surface area (Å²) in [5, 5.41) is 19.3. The molecule has 0 radical (unpaired) electrons. The molecule has 1 N–H and O–H groups in total. The Kier molecular flexibility index (Phi) is 5.60. The molecule has 164 valence electrons. The molecular weight excluding hydrogens is 404 g/mol. The van der Waals surface area contributed by atoms with Crippen molar-refractivity contribution in [2.24, 2.45) is 29.1 Å². The minimum Gasteiger partial charge on any atom is -0.480 e. The summed E-state index contributed by atoms with van der Waals surface area (Å²) in [7, 11) is 0. The number of aliphatic carboxylic acids is 1. The third-order valence-corrected chi connectivity index (χ3v) is 7.31. The molecule has 1 aromatic heterocycles. The van der Waals surface area contributed by atoms with E-state index in [2.05, 4.69) is 18.0 Å². The molecule has 2 fully saturated rings. The molecule has 1 saturated carbocycles. The Morgan fingerprint density at radius 1 is 1.25 bits per heavy atom. The number of hydrogen-bond acceptors (Lipinski definition) is 5. The number of carboxylic acids is 1. The monoisotopic (exact) mass is 430 g/mol. The fraction of sp³-hybridized carbons (Fsp3) is 0.385. The molecular formula is C26H26N2O4. The molecule has 0 unspecified atom stereocenters. The Balaban J connectivity index is 1.64. The standard InChI is InChI=1S/C26H26N2O4/c1-15-12-26(24(29)30)23(17(3)32-25(26)31)21(16(15)2)11-10-20-9-8-19(14-28-20)22-7-5-4-6-18(22)13-27/h4-11,14-17,21,23H,12H2,1-3H3,(H,29,30)/t15-,16+,17+,21-,23-,26+/m0/s1. The van der Waals surface area contributed by atoms with Gasteiger partial charge in [0, 0.05) is 23.2 Å². The van der Waals surface area contributed by atoms with Crippen LogP contribution in [0.3, 0.4) is 0 Å². The third kappa shape index (κ3) is 3.38. The zero-order valence-corrected chi connectivity index (χ0v) is 18.4. The maximum absolute atomic E-state index is 12.6. The van der Waals surface area contributed by atoms with E-state index in [9.17, 15) is 20.0 Å². The van der Waals surface area contributed by atoms with Gasteiger partial charge < -0.3 is 9.84 Å². The lowest BCUT2D eigenvalue weighted by atomic mass is 9.55. The number of nitriles is 1. The number of rotatable bonds is 4. The Morgan fingerprint density at radius 2 is 2.00 bits per heavy atom. The molecule has 6 nitrogen and oxygen atoms in total. The van der Waals surface area contributed by atoms with Gasteiger partial charge in [-0.15, -0.1) is 0 Å². The molecule has 1 aliphatic heterocycles. The second-order valence-corrected chi connectivity index (χ2v) is 9.02. The van der Waals surface area contributed by atoms with E-state index >= 15 is 0 Å². The Labute approximate surface area is 187 Å².